The van der Waals surface area contributed by atoms with Crippen LogP contribution in [0.3, 0.4) is 0 Å². The summed E-state index contributed by atoms with van der Waals surface area (Å²) in [6.45, 7) is 9.75. The van der Waals surface area contributed by atoms with Crippen molar-refractivity contribution < 1.29 is 14.3 Å². The maximum atomic E-state index is 13.0. The summed E-state index contributed by atoms with van der Waals surface area (Å²) >= 11 is 0. The highest BCUT2D eigenvalue weighted by Gasteiger charge is 2.38. The number of unbranched alkanes of at least 4 members (excludes halogenated alkanes) is 1. The summed E-state index contributed by atoms with van der Waals surface area (Å²) in [7, 11) is 0. The van der Waals surface area contributed by atoms with E-state index in [0.717, 1.165) is 58.4 Å². The molecule has 1 aromatic rings. The van der Waals surface area contributed by atoms with Crippen LogP contribution in [0.15, 0.2) is 24.3 Å². The van der Waals surface area contributed by atoms with Crippen molar-refractivity contribution in [3.05, 3.63) is 24.3 Å². The number of hydrogen-bond acceptors (Lipinski definition) is 5. The first-order valence-corrected chi connectivity index (χ1v) is 11.8. The molecule has 3 rings (SSSR count). The third kappa shape index (κ3) is 6.61. The van der Waals surface area contributed by atoms with Gasteiger partial charge < -0.3 is 9.47 Å². The van der Waals surface area contributed by atoms with Crippen LogP contribution in [0.5, 0.6) is 5.75 Å². The Hall–Kier alpha value is -1.79. The predicted molar refractivity (Wildman–Crippen MR) is 121 cm³/mol. The van der Waals surface area contributed by atoms with Crippen LogP contribution in [-0.4, -0.2) is 60.9 Å². The number of carbonyl (C=O) groups excluding carboxylic acids is 1. The number of ether oxygens (including phenoxy) is 2. The molecule has 0 aliphatic carbocycles. The molecule has 2 aliphatic rings. The molecule has 0 spiro atoms. The minimum absolute atomic E-state index is 0.411. The molecule has 0 aromatic heterocycles. The summed E-state index contributed by atoms with van der Waals surface area (Å²) in [4.78, 5) is 17.8. The zero-order chi connectivity index (χ0) is 21.2. The predicted octanol–water partition coefficient (Wildman–Crippen LogP) is 5.10. The molecule has 6 nitrogen and oxygen atoms in total. The minimum atomic E-state index is -0.625. The summed E-state index contributed by atoms with van der Waals surface area (Å²) in [5, 5.41) is 2.94. The molecule has 2 saturated heterocycles. The lowest BCUT2D eigenvalue weighted by atomic mass is 10.0. The Kier molecular flexibility index (Phi) is 8.82. The molecule has 1 unspecified atom stereocenters. The van der Waals surface area contributed by atoms with E-state index in [-0.39, 0.29) is 0 Å². The van der Waals surface area contributed by atoms with Crippen LogP contribution in [0.4, 0.5) is 10.5 Å². The topological polar surface area (TPSA) is 54.0 Å². The van der Waals surface area contributed by atoms with Crippen LogP contribution in [0, 0.1) is 0 Å². The molecular weight excluding hydrogens is 378 g/mol. The Morgan fingerprint density at radius 3 is 2.40 bits per heavy atom. The number of likely N-dealkylation sites (tertiary alicyclic amines) is 2. The zero-order valence-corrected chi connectivity index (χ0v) is 18.8. The number of amides is 1. The Labute approximate surface area is 181 Å². The molecule has 30 heavy (non-hydrogen) atoms. The number of nitrogens with zero attached hydrogens (tertiary/aromatic N) is 2. The van der Waals surface area contributed by atoms with Crippen LogP contribution in [0.2, 0.25) is 0 Å². The molecule has 2 aliphatic heterocycles. The zero-order valence-electron chi connectivity index (χ0n) is 18.8. The van der Waals surface area contributed by atoms with Gasteiger partial charge in [-0.2, -0.15) is 0 Å². The van der Waals surface area contributed by atoms with E-state index in [1.807, 2.05) is 24.3 Å². The van der Waals surface area contributed by atoms with Crippen molar-refractivity contribution in [1.82, 2.24) is 9.80 Å². The van der Waals surface area contributed by atoms with E-state index in [4.69, 9.17) is 9.47 Å². The minimum Gasteiger partial charge on any atom is -0.491 e. The molecule has 1 atom stereocenters. The van der Waals surface area contributed by atoms with Gasteiger partial charge in [0.25, 0.3) is 0 Å². The second-order valence-electron chi connectivity index (χ2n) is 8.77. The Balaban J connectivity index is 1.67. The number of nitrogens with one attached hydrogen (secondary N) is 1. The van der Waals surface area contributed by atoms with Gasteiger partial charge >= 0.3 is 6.09 Å². The largest absolute Gasteiger partial charge is 0.491 e. The average molecular weight is 418 g/mol. The van der Waals surface area contributed by atoms with E-state index in [1.165, 1.54) is 25.7 Å². The van der Waals surface area contributed by atoms with E-state index >= 15 is 0 Å². The van der Waals surface area contributed by atoms with E-state index in [9.17, 15) is 4.79 Å². The van der Waals surface area contributed by atoms with Crippen molar-refractivity contribution in [3.63, 3.8) is 0 Å². The van der Waals surface area contributed by atoms with Crippen molar-refractivity contribution in [2.45, 2.75) is 70.9 Å². The highest BCUT2D eigenvalue weighted by Crippen LogP contribution is 2.28. The van der Waals surface area contributed by atoms with Crippen molar-refractivity contribution >= 4 is 11.8 Å². The third-order valence-corrected chi connectivity index (χ3v) is 6.18. The quantitative estimate of drug-likeness (QED) is 0.567. The molecule has 0 saturated carbocycles. The monoisotopic (exact) mass is 417 g/mol. The Morgan fingerprint density at radius 1 is 1.03 bits per heavy atom. The standard InChI is InChI=1S/C24H39N3O3/c1-3-4-19-29-22-14-8-7-13-21(22)25-23(28)30-24(2,27-17-11-6-12-18-27)20-26-15-9-5-10-16-26/h7-8,13-14H,3-6,9-12,15-20H2,1-2H3,(H,25,28). The molecule has 1 N–H and O–H groups in total. The van der Waals surface area contributed by atoms with Gasteiger partial charge in [0, 0.05) is 13.1 Å². The fourth-order valence-corrected chi connectivity index (χ4v) is 4.45. The van der Waals surface area contributed by atoms with Gasteiger partial charge in [-0.15, -0.1) is 0 Å². The fourth-order valence-electron chi connectivity index (χ4n) is 4.45. The van der Waals surface area contributed by atoms with Crippen molar-refractivity contribution in [3.8, 4) is 5.75 Å². The highest BCUT2D eigenvalue weighted by atomic mass is 16.6. The highest BCUT2D eigenvalue weighted by molar-refractivity contribution is 5.87. The number of para-hydroxylation sites is 2. The van der Waals surface area contributed by atoms with Gasteiger partial charge in [0.1, 0.15) is 5.75 Å². The lowest BCUT2D eigenvalue weighted by molar-refractivity contribution is -0.120. The molecule has 6 heteroatoms. The van der Waals surface area contributed by atoms with Gasteiger partial charge in [-0.1, -0.05) is 38.3 Å². The smallest absolute Gasteiger partial charge is 0.413 e. The van der Waals surface area contributed by atoms with E-state index in [1.54, 1.807) is 0 Å². The van der Waals surface area contributed by atoms with Crippen LogP contribution < -0.4 is 10.1 Å². The summed E-state index contributed by atoms with van der Waals surface area (Å²) in [5.74, 6) is 0.693. The maximum Gasteiger partial charge on any atom is 0.413 e. The van der Waals surface area contributed by atoms with Crippen molar-refractivity contribution in [1.29, 1.82) is 0 Å². The second kappa shape index (κ2) is 11.6. The van der Waals surface area contributed by atoms with E-state index < -0.39 is 11.8 Å². The second-order valence-corrected chi connectivity index (χ2v) is 8.77. The van der Waals surface area contributed by atoms with Gasteiger partial charge in [-0.3, -0.25) is 15.1 Å². The summed E-state index contributed by atoms with van der Waals surface area (Å²) in [6, 6.07) is 7.58. The molecule has 168 valence electrons. The molecule has 1 amide bonds. The van der Waals surface area contributed by atoms with Crippen LogP contribution in [0.1, 0.15) is 65.2 Å². The van der Waals surface area contributed by atoms with Gasteiger partial charge in [0.15, 0.2) is 5.72 Å². The number of anilines is 1. The summed E-state index contributed by atoms with van der Waals surface area (Å²) < 4.78 is 12.0. The first-order valence-electron chi connectivity index (χ1n) is 11.8. The van der Waals surface area contributed by atoms with Crippen LogP contribution in [0.25, 0.3) is 0 Å². The number of hydrogen-bond donors (Lipinski definition) is 1. The van der Waals surface area contributed by atoms with Crippen molar-refractivity contribution in [2.75, 3.05) is 44.6 Å². The SMILES string of the molecule is CCCCOc1ccccc1NC(=O)OC(C)(CN1CCCCC1)N1CCCCC1. The van der Waals surface area contributed by atoms with Crippen molar-refractivity contribution in [2.24, 2.45) is 0 Å². The molecule has 2 fully saturated rings. The molecule has 1 aromatic carbocycles. The van der Waals surface area contributed by atoms with Gasteiger partial charge in [-0.05, 0) is 64.3 Å². The van der Waals surface area contributed by atoms with E-state index in [2.05, 4.69) is 29.0 Å². The number of rotatable bonds is 9. The van der Waals surface area contributed by atoms with Gasteiger partial charge in [-0.25, -0.2) is 4.79 Å². The lowest BCUT2D eigenvalue weighted by Gasteiger charge is -2.45. The molecule has 0 bridgehead atoms. The van der Waals surface area contributed by atoms with Gasteiger partial charge in [0.05, 0.1) is 18.8 Å². The van der Waals surface area contributed by atoms with E-state index in [0.29, 0.717) is 18.0 Å². The number of benzene rings is 1. The summed E-state index contributed by atoms with van der Waals surface area (Å²) in [5.41, 5.74) is 0.0393. The first kappa shape index (κ1) is 22.9. The Morgan fingerprint density at radius 2 is 1.70 bits per heavy atom. The molecular formula is C24H39N3O3. The first-order chi connectivity index (χ1) is 14.6. The fraction of sp³-hybridized carbons (Fsp3) is 0.708. The number of carbonyl (C=O) groups is 1. The Bertz CT molecular complexity index is 657. The third-order valence-electron chi connectivity index (χ3n) is 6.18. The molecule has 2 heterocycles. The van der Waals surface area contributed by atoms with Crippen LogP contribution in [-0.2, 0) is 4.74 Å². The van der Waals surface area contributed by atoms with Gasteiger partial charge in [0.2, 0.25) is 0 Å². The molecule has 0 radical (unpaired) electrons. The van der Waals surface area contributed by atoms with Crippen LogP contribution >= 0.6 is 0 Å². The number of piperidine rings is 2. The normalized spacial score (nSPS) is 20.3. The summed E-state index contributed by atoms with van der Waals surface area (Å²) in [6.07, 6.45) is 8.98. The maximum absolute atomic E-state index is 13.0. The average Bonchev–Trinajstić information content (AvgIpc) is 2.76. The lowest BCUT2D eigenvalue weighted by Crippen LogP contribution is -2.58.